The lowest BCUT2D eigenvalue weighted by atomic mass is 9.83. The van der Waals surface area contributed by atoms with Gasteiger partial charge in [-0.05, 0) is 49.2 Å². The molecule has 156 valence electrons. The third-order valence-electron chi connectivity index (χ3n) is 5.14. The van der Waals surface area contributed by atoms with Gasteiger partial charge in [-0.1, -0.05) is 76.1 Å². The Hall–Kier alpha value is -2.44. The number of halogens is 1. The number of aryl methyl sites for hydroxylation is 1. The van der Waals surface area contributed by atoms with E-state index in [9.17, 15) is 13.2 Å². The third kappa shape index (κ3) is 5.18. The SMILES string of the molecule is Cc1ccc(S(=O)(=O)CC(C)(C(=O)NCc2ccccc2)c2ccc(Br)cc2)cc1. The Bertz CT molecular complexity index is 1110. The second-order valence-corrected chi connectivity index (χ2v) is 10.5. The highest BCUT2D eigenvalue weighted by Crippen LogP contribution is 2.30. The van der Waals surface area contributed by atoms with Crippen LogP contribution in [0.3, 0.4) is 0 Å². The minimum absolute atomic E-state index is 0.215. The average molecular weight is 486 g/mol. The first-order valence-corrected chi connectivity index (χ1v) is 12.0. The number of rotatable bonds is 7. The molecule has 0 aromatic heterocycles. The lowest BCUT2D eigenvalue weighted by Crippen LogP contribution is -2.46. The second-order valence-electron chi connectivity index (χ2n) is 7.58. The molecule has 0 spiro atoms. The zero-order valence-electron chi connectivity index (χ0n) is 16.9. The number of amides is 1. The van der Waals surface area contributed by atoms with E-state index in [0.717, 1.165) is 15.6 Å². The monoisotopic (exact) mass is 485 g/mol. The highest BCUT2D eigenvalue weighted by atomic mass is 79.9. The zero-order valence-corrected chi connectivity index (χ0v) is 19.3. The van der Waals surface area contributed by atoms with E-state index in [1.807, 2.05) is 49.4 Å². The predicted octanol–water partition coefficient (Wildman–Crippen LogP) is 4.81. The molecule has 0 saturated heterocycles. The van der Waals surface area contributed by atoms with Gasteiger partial charge in [0.15, 0.2) is 9.84 Å². The minimum atomic E-state index is -3.69. The van der Waals surface area contributed by atoms with Crippen LogP contribution in [0.15, 0.2) is 88.2 Å². The number of carbonyl (C=O) groups is 1. The smallest absolute Gasteiger partial charge is 0.231 e. The third-order valence-corrected chi connectivity index (χ3v) is 7.61. The largest absolute Gasteiger partial charge is 0.351 e. The van der Waals surface area contributed by atoms with Crippen LogP contribution in [0.5, 0.6) is 0 Å². The Balaban J connectivity index is 1.93. The van der Waals surface area contributed by atoms with Gasteiger partial charge >= 0.3 is 0 Å². The topological polar surface area (TPSA) is 63.2 Å². The van der Waals surface area contributed by atoms with Crippen molar-refractivity contribution in [2.75, 3.05) is 5.75 Å². The van der Waals surface area contributed by atoms with E-state index in [0.29, 0.717) is 12.1 Å². The zero-order chi connectivity index (χ0) is 21.8. The average Bonchev–Trinajstić information content (AvgIpc) is 2.73. The van der Waals surface area contributed by atoms with Gasteiger partial charge in [-0.25, -0.2) is 8.42 Å². The van der Waals surface area contributed by atoms with Gasteiger partial charge in [0.2, 0.25) is 5.91 Å². The van der Waals surface area contributed by atoms with Crippen LogP contribution in [0.1, 0.15) is 23.6 Å². The molecule has 0 heterocycles. The van der Waals surface area contributed by atoms with Crippen LogP contribution in [0, 0.1) is 6.92 Å². The Kier molecular flexibility index (Phi) is 6.78. The molecular weight excluding hydrogens is 462 g/mol. The molecule has 0 aliphatic rings. The van der Waals surface area contributed by atoms with Crippen molar-refractivity contribution in [1.82, 2.24) is 5.32 Å². The van der Waals surface area contributed by atoms with Gasteiger partial charge in [0, 0.05) is 11.0 Å². The van der Waals surface area contributed by atoms with Crippen molar-refractivity contribution >= 4 is 31.7 Å². The molecular formula is C24H24BrNO3S. The summed E-state index contributed by atoms with van der Waals surface area (Å²) in [7, 11) is -3.69. The van der Waals surface area contributed by atoms with E-state index in [1.54, 1.807) is 43.3 Å². The molecule has 0 aliphatic carbocycles. The molecule has 0 bridgehead atoms. The summed E-state index contributed by atoms with van der Waals surface area (Å²) in [5, 5.41) is 2.92. The van der Waals surface area contributed by atoms with Crippen molar-refractivity contribution in [3.63, 3.8) is 0 Å². The van der Waals surface area contributed by atoms with Crippen LogP contribution in [-0.4, -0.2) is 20.1 Å². The van der Waals surface area contributed by atoms with Gasteiger partial charge in [-0.15, -0.1) is 0 Å². The molecule has 3 aromatic rings. The molecule has 30 heavy (non-hydrogen) atoms. The Labute approximate surface area is 186 Å². The van der Waals surface area contributed by atoms with Crippen LogP contribution < -0.4 is 5.32 Å². The van der Waals surface area contributed by atoms with Crippen LogP contribution in [0.4, 0.5) is 0 Å². The summed E-state index contributed by atoms with van der Waals surface area (Å²) in [5.74, 6) is -0.657. The van der Waals surface area contributed by atoms with Crippen molar-refractivity contribution in [1.29, 1.82) is 0 Å². The van der Waals surface area contributed by atoms with Crippen molar-refractivity contribution in [2.45, 2.75) is 30.7 Å². The van der Waals surface area contributed by atoms with Crippen LogP contribution in [0.25, 0.3) is 0 Å². The molecule has 0 aliphatic heterocycles. The molecule has 0 fully saturated rings. The number of nitrogens with one attached hydrogen (secondary N) is 1. The maximum Gasteiger partial charge on any atom is 0.231 e. The van der Waals surface area contributed by atoms with Gasteiger partial charge in [0.1, 0.15) is 0 Å². The fraction of sp³-hybridized carbons (Fsp3) is 0.208. The fourth-order valence-electron chi connectivity index (χ4n) is 3.28. The number of benzene rings is 3. The molecule has 3 rings (SSSR count). The number of hydrogen-bond acceptors (Lipinski definition) is 3. The first-order chi connectivity index (χ1) is 14.2. The lowest BCUT2D eigenvalue weighted by molar-refractivity contribution is -0.125. The highest BCUT2D eigenvalue weighted by Gasteiger charge is 2.40. The van der Waals surface area contributed by atoms with E-state index < -0.39 is 15.3 Å². The standard InChI is InChI=1S/C24H24BrNO3S/c1-18-8-14-22(15-9-18)30(28,29)17-24(2,20-10-12-21(25)13-11-20)23(27)26-16-19-6-4-3-5-7-19/h3-15H,16-17H2,1-2H3,(H,26,27). The molecule has 3 aromatic carbocycles. The van der Waals surface area contributed by atoms with Crippen molar-refractivity contribution in [3.8, 4) is 0 Å². The maximum atomic E-state index is 13.3. The molecule has 0 radical (unpaired) electrons. The van der Waals surface area contributed by atoms with Crippen molar-refractivity contribution in [2.24, 2.45) is 0 Å². The summed E-state index contributed by atoms with van der Waals surface area (Å²) in [6, 6.07) is 23.5. The molecule has 1 amide bonds. The van der Waals surface area contributed by atoms with E-state index in [4.69, 9.17) is 0 Å². The van der Waals surface area contributed by atoms with Crippen LogP contribution in [-0.2, 0) is 26.6 Å². The second kappa shape index (κ2) is 9.14. The number of sulfone groups is 1. The quantitative estimate of drug-likeness (QED) is 0.522. The lowest BCUT2D eigenvalue weighted by Gasteiger charge is -2.29. The highest BCUT2D eigenvalue weighted by molar-refractivity contribution is 9.10. The first-order valence-electron chi connectivity index (χ1n) is 9.58. The molecule has 1 unspecified atom stereocenters. The van der Waals surface area contributed by atoms with Gasteiger partial charge in [0.25, 0.3) is 0 Å². The molecule has 0 saturated carbocycles. The Morgan fingerprint density at radius 1 is 0.933 bits per heavy atom. The number of carbonyl (C=O) groups excluding carboxylic acids is 1. The fourth-order valence-corrected chi connectivity index (χ4v) is 5.32. The van der Waals surface area contributed by atoms with Crippen LogP contribution >= 0.6 is 15.9 Å². The van der Waals surface area contributed by atoms with E-state index >= 15 is 0 Å². The van der Waals surface area contributed by atoms with E-state index in [-0.39, 0.29) is 16.6 Å². The summed E-state index contributed by atoms with van der Waals surface area (Å²) in [6.07, 6.45) is 0. The van der Waals surface area contributed by atoms with Crippen molar-refractivity contribution in [3.05, 3.63) is 100 Å². The van der Waals surface area contributed by atoms with E-state index in [1.165, 1.54) is 0 Å². The predicted molar refractivity (Wildman–Crippen MR) is 123 cm³/mol. The van der Waals surface area contributed by atoms with Gasteiger partial charge < -0.3 is 5.32 Å². The first kappa shape index (κ1) is 22.2. The van der Waals surface area contributed by atoms with Gasteiger partial charge in [-0.2, -0.15) is 0 Å². The molecule has 4 nitrogen and oxygen atoms in total. The summed E-state index contributed by atoms with van der Waals surface area (Å²) in [4.78, 5) is 13.5. The van der Waals surface area contributed by atoms with Gasteiger partial charge in [0.05, 0.1) is 16.1 Å². The molecule has 6 heteroatoms. The summed E-state index contributed by atoms with van der Waals surface area (Å²) in [5.41, 5.74) is 1.32. The minimum Gasteiger partial charge on any atom is -0.351 e. The van der Waals surface area contributed by atoms with E-state index in [2.05, 4.69) is 21.2 Å². The Morgan fingerprint density at radius 2 is 1.53 bits per heavy atom. The molecule has 1 N–H and O–H groups in total. The maximum absolute atomic E-state index is 13.3. The Morgan fingerprint density at radius 3 is 2.13 bits per heavy atom. The summed E-state index contributed by atoms with van der Waals surface area (Å²) < 4.78 is 27.2. The number of hydrogen-bond donors (Lipinski definition) is 1. The summed E-state index contributed by atoms with van der Waals surface area (Å²) in [6.45, 7) is 3.91. The van der Waals surface area contributed by atoms with Crippen molar-refractivity contribution < 1.29 is 13.2 Å². The van der Waals surface area contributed by atoms with Crippen LogP contribution in [0.2, 0.25) is 0 Å². The summed E-state index contributed by atoms with van der Waals surface area (Å²) >= 11 is 3.40. The normalized spacial score (nSPS) is 13.4. The van der Waals surface area contributed by atoms with Gasteiger partial charge in [-0.3, -0.25) is 4.79 Å². The molecule has 1 atom stereocenters.